The summed E-state index contributed by atoms with van der Waals surface area (Å²) in [5.41, 5.74) is 0.761. The van der Waals surface area contributed by atoms with Gasteiger partial charge in [0.1, 0.15) is 16.4 Å². The Kier molecular flexibility index (Phi) is 3.90. The van der Waals surface area contributed by atoms with E-state index in [-0.39, 0.29) is 11.9 Å². The van der Waals surface area contributed by atoms with E-state index in [0.29, 0.717) is 22.0 Å². The molecule has 2 rings (SSSR count). The van der Waals surface area contributed by atoms with E-state index in [2.05, 4.69) is 19.2 Å². The third-order valence-corrected chi connectivity index (χ3v) is 4.26. The number of hydrogen-bond donors (Lipinski definition) is 1. The molecule has 1 atom stereocenters. The lowest BCUT2D eigenvalue weighted by Crippen LogP contribution is -2.39. The molecule has 20 heavy (non-hydrogen) atoms. The average molecular weight is 290 g/mol. The molecule has 0 aliphatic carbocycles. The second-order valence-electron chi connectivity index (χ2n) is 5.25. The third-order valence-electron chi connectivity index (χ3n) is 3.75. The van der Waals surface area contributed by atoms with E-state index in [4.69, 9.17) is 21.9 Å². The van der Waals surface area contributed by atoms with Crippen LogP contribution in [0.1, 0.15) is 36.7 Å². The van der Waals surface area contributed by atoms with Crippen LogP contribution in [0.4, 0.5) is 0 Å². The molecule has 1 heterocycles. The third kappa shape index (κ3) is 2.33. The van der Waals surface area contributed by atoms with Crippen LogP contribution in [0.2, 0.25) is 0 Å². The Hall–Kier alpha value is -1.75. The highest BCUT2D eigenvalue weighted by Gasteiger charge is 2.39. The first-order chi connectivity index (χ1) is 9.40. The molecule has 5 heteroatoms. The number of benzene rings is 1. The van der Waals surface area contributed by atoms with Crippen molar-refractivity contribution < 1.29 is 9.53 Å². The zero-order chi connectivity index (χ0) is 14.9. The highest BCUT2D eigenvalue weighted by Crippen LogP contribution is 2.28. The molecule has 1 N–H and O–H groups in total. The molecule has 0 fully saturated rings. The molecule has 1 aliphatic heterocycles. The summed E-state index contributed by atoms with van der Waals surface area (Å²) < 4.78 is 4.81. The van der Waals surface area contributed by atoms with Crippen LogP contribution in [0.5, 0.6) is 0 Å². The van der Waals surface area contributed by atoms with Crippen molar-refractivity contribution in [2.24, 2.45) is 10.9 Å². The maximum Gasteiger partial charge on any atom is 0.338 e. The number of carbonyl (C=O) groups is 1. The largest absolute Gasteiger partial charge is 0.465 e. The van der Waals surface area contributed by atoms with Gasteiger partial charge in [0.2, 0.25) is 0 Å². The van der Waals surface area contributed by atoms with Crippen molar-refractivity contribution in [2.75, 3.05) is 7.11 Å². The van der Waals surface area contributed by atoms with E-state index in [1.54, 1.807) is 12.1 Å². The number of hydrogen-bond acceptors (Lipinski definition) is 4. The highest BCUT2D eigenvalue weighted by molar-refractivity contribution is 7.80. The Balaban J connectivity index is 2.49. The number of carbonyl (C=O) groups excluding carboxylic acids is 1. The molecule has 106 valence electrons. The lowest BCUT2D eigenvalue weighted by Gasteiger charge is -2.24. The monoisotopic (exact) mass is 290 g/mol. The molecule has 0 bridgehead atoms. The van der Waals surface area contributed by atoms with Crippen LogP contribution in [0.25, 0.3) is 0 Å². The van der Waals surface area contributed by atoms with Crippen LogP contribution in [0.3, 0.4) is 0 Å². The molecule has 0 aromatic heterocycles. The van der Waals surface area contributed by atoms with Gasteiger partial charge in [-0.1, -0.05) is 44.3 Å². The van der Waals surface area contributed by atoms with E-state index in [1.165, 1.54) is 7.11 Å². The van der Waals surface area contributed by atoms with Crippen molar-refractivity contribution >= 4 is 29.0 Å². The fraction of sp³-hybridized carbons (Fsp3) is 0.400. The Morgan fingerprint density at radius 3 is 2.60 bits per heavy atom. The van der Waals surface area contributed by atoms with Gasteiger partial charge in [-0.05, 0) is 18.9 Å². The summed E-state index contributed by atoms with van der Waals surface area (Å²) >= 11 is 5.40. The summed E-state index contributed by atoms with van der Waals surface area (Å²) in [7, 11) is 1.37. The van der Waals surface area contributed by atoms with Gasteiger partial charge in [-0.2, -0.15) is 0 Å². The number of nitrogens with one attached hydrogen (secondary N) is 1. The number of rotatable bonds is 3. The van der Waals surface area contributed by atoms with Crippen LogP contribution < -0.4 is 5.32 Å². The Morgan fingerprint density at radius 2 is 2.05 bits per heavy atom. The zero-order valence-electron chi connectivity index (χ0n) is 12.1. The van der Waals surface area contributed by atoms with E-state index in [9.17, 15) is 4.79 Å². The smallest absolute Gasteiger partial charge is 0.338 e. The summed E-state index contributed by atoms with van der Waals surface area (Å²) in [5.74, 6) is 0.520. The maximum absolute atomic E-state index is 11.8. The topological polar surface area (TPSA) is 50.7 Å². The molecule has 0 unspecified atom stereocenters. The van der Waals surface area contributed by atoms with Crippen LogP contribution >= 0.6 is 12.2 Å². The van der Waals surface area contributed by atoms with E-state index < -0.39 is 5.54 Å². The molecule has 4 nitrogen and oxygen atoms in total. The summed E-state index contributed by atoms with van der Waals surface area (Å²) in [6, 6.07) is 7.22. The van der Waals surface area contributed by atoms with Gasteiger partial charge in [-0.3, -0.25) is 4.99 Å². The van der Waals surface area contributed by atoms with Gasteiger partial charge in [-0.15, -0.1) is 0 Å². The number of aliphatic imine (C=N–C) groups is 1. The molecule has 1 aliphatic rings. The SMILES string of the molecule is COC(=O)c1ccccc1C1=N[C@](C)(C(C)C)C(=S)N1. The summed E-state index contributed by atoms with van der Waals surface area (Å²) in [5, 5.41) is 3.14. The maximum atomic E-state index is 11.8. The fourth-order valence-electron chi connectivity index (χ4n) is 2.04. The normalized spacial score (nSPS) is 21.6. The van der Waals surface area contributed by atoms with Crippen LogP contribution in [-0.4, -0.2) is 29.4 Å². The number of methoxy groups -OCH3 is 1. The zero-order valence-corrected chi connectivity index (χ0v) is 12.9. The summed E-state index contributed by atoms with van der Waals surface area (Å²) in [6.07, 6.45) is 0. The van der Waals surface area contributed by atoms with Gasteiger partial charge in [0.15, 0.2) is 0 Å². The van der Waals surface area contributed by atoms with Gasteiger partial charge in [0.05, 0.1) is 12.7 Å². The minimum Gasteiger partial charge on any atom is -0.465 e. The second kappa shape index (κ2) is 5.32. The minimum absolute atomic E-state index is 0.269. The van der Waals surface area contributed by atoms with E-state index >= 15 is 0 Å². The van der Waals surface area contributed by atoms with Crippen molar-refractivity contribution in [3.8, 4) is 0 Å². The van der Waals surface area contributed by atoms with Crippen molar-refractivity contribution in [3.63, 3.8) is 0 Å². The number of esters is 1. The second-order valence-corrected chi connectivity index (χ2v) is 5.66. The lowest BCUT2D eigenvalue weighted by atomic mass is 9.90. The molecule has 0 saturated heterocycles. The van der Waals surface area contributed by atoms with Gasteiger partial charge in [0.25, 0.3) is 0 Å². The van der Waals surface area contributed by atoms with Gasteiger partial charge in [0, 0.05) is 5.56 Å². The van der Waals surface area contributed by atoms with Crippen molar-refractivity contribution in [2.45, 2.75) is 26.3 Å². The average Bonchev–Trinajstić information content (AvgIpc) is 2.75. The lowest BCUT2D eigenvalue weighted by molar-refractivity contribution is 0.0600. The summed E-state index contributed by atoms with van der Waals surface area (Å²) in [6.45, 7) is 6.15. The van der Waals surface area contributed by atoms with E-state index in [1.807, 2.05) is 19.1 Å². The number of thiocarbonyl (C=S) groups is 1. The van der Waals surface area contributed by atoms with Gasteiger partial charge < -0.3 is 10.1 Å². The Labute approximate surface area is 124 Å². The molecular weight excluding hydrogens is 272 g/mol. The van der Waals surface area contributed by atoms with Crippen molar-refractivity contribution in [1.82, 2.24) is 5.32 Å². The number of nitrogens with zero attached hydrogens (tertiary/aromatic N) is 1. The first kappa shape index (κ1) is 14.7. The molecule has 0 radical (unpaired) electrons. The van der Waals surface area contributed by atoms with Crippen LogP contribution in [-0.2, 0) is 4.74 Å². The van der Waals surface area contributed by atoms with Crippen LogP contribution in [0, 0.1) is 5.92 Å². The standard InChI is InChI=1S/C15H18N2O2S/c1-9(2)15(3)14(20)16-12(17-15)10-7-5-6-8-11(10)13(18)19-4/h5-9H,1-4H3,(H,16,17,20)/t15-/m1/s1. The first-order valence-electron chi connectivity index (χ1n) is 6.49. The first-order valence-corrected chi connectivity index (χ1v) is 6.90. The minimum atomic E-state index is -0.437. The molecule has 1 aromatic rings. The summed E-state index contributed by atoms with van der Waals surface area (Å²) in [4.78, 5) is 17.2. The number of amidine groups is 1. The predicted octanol–water partition coefficient (Wildman–Crippen LogP) is 2.57. The molecule has 0 saturated carbocycles. The van der Waals surface area contributed by atoms with E-state index in [0.717, 1.165) is 0 Å². The van der Waals surface area contributed by atoms with Crippen molar-refractivity contribution in [1.29, 1.82) is 0 Å². The molecule has 0 amide bonds. The highest BCUT2D eigenvalue weighted by atomic mass is 32.1. The Morgan fingerprint density at radius 1 is 1.40 bits per heavy atom. The molecule has 1 aromatic carbocycles. The molecule has 0 spiro atoms. The van der Waals surface area contributed by atoms with Crippen molar-refractivity contribution in [3.05, 3.63) is 35.4 Å². The predicted molar refractivity (Wildman–Crippen MR) is 83.3 cm³/mol. The number of ether oxygens (including phenoxy) is 1. The van der Waals surface area contributed by atoms with Gasteiger partial charge >= 0.3 is 5.97 Å². The van der Waals surface area contributed by atoms with Crippen LogP contribution in [0.15, 0.2) is 29.3 Å². The Bertz CT molecular complexity index is 595. The fourth-order valence-corrected chi connectivity index (χ4v) is 2.42. The van der Waals surface area contributed by atoms with Gasteiger partial charge in [-0.25, -0.2) is 4.79 Å². The quantitative estimate of drug-likeness (QED) is 0.686. The molecular formula is C15H18N2O2S.